The Morgan fingerprint density at radius 1 is 1.34 bits per heavy atom. The summed E-state index contributed by atoms with van der Waals surface area (Å²) in [6, 6.07) is 4.49. The second-order valence-corrected chi connectivity index (χ2v) is 7.53. The molecule has 5 N–H and O–H groups in total. The van der Waals surface area contributed by atoms with E-state index in [2.05, 4.69) is 47.6 Å². The summed E-state index contributed by atoms with van der Waals surface area (Å²) in [4.78, 5) is 15.1. The lowest BCUT2D eigenvalue weighted by molar-refractivity contribution is 0.0945. The molecule has 13 heteroatoms. The Hall–Kier alpha value is -4.00. The molecule has 13 nitrogen and oxygen atoms in total. The van der Waals surface area contributed by atoms with Crippen molar-refractivity contribution in [3.05, 3.63) is 35.2 Å². The van der Waals surface area contributed by atoms with Gasteiger partial charge in [0.1, 0.15) is 0 Å². The number of aromatic hydroxyl groups is 2. The van der Waals surface area contributed by atoms with Gasteiger partial charge in [0, 0.05) is 12.6 Å². The first-order valence-corrected chi connectivity index (χ1v) is 10.1. The zero-order valence-electron chi connectivity index (χ0n) is 17.3. The molecule has 1 aliphatic heterocycles. The molecule has 32 heavy (non-hydrogen) atoms. The number of amides is 1. The number of rotatable bonds is 6. The van der Waals surface area contributed by atoms with Crippen LogP contribution in [0.3, 0.4) is 0 Å². The van der Waals surface area contributed by atoms with E-state index in [0.29, 0.717) is 23.8 Å². The van der Waals surface area contributed by atoms with Gasteiger partial charge >= 0.3 is 0 Å². The van der Waals surface area contributed by atoms with Crippen molar-refractivity contribution in [2.75, 3.05) is 12.3 Å². The van der Waals surface area contributed by atoms with Crippen LogP contribution in [0, 0.1) is 0 Å². The largest absolute Gasteiger partial charge is 0.504 e. The molecule has 3 aromatic rings. The van der Waals surface area contributed by atoms with Crippen molar-refractivity contribution in [2.24, 2.45) is 5.10 Å². The van der Waals surface area contributed by atoms with Crippen LogP contribution >= 0.6 is 0 Å². The smallest absolute Gasteiger partial charge is 0.293 e. The average Bonchev–Trinajstić information content (AvgIpc) is 3.38. The van der Waals surface area contributed by atoms with Crippen LogP contribution in [0.25, 0.3) is 5.82 Å². The second-order valence-electron chi connectivity index (χ2n) is 7.53. The number of carbonyl (C=O) groups excluding carboxylic acids is 1. The highest BCUT2D eigenvalue weighted by molar-refractivity contribution is 5.94. The third kappa shape index (κ3) is 4.37. The van der Waals surface area contributed by atoms with Crippen LogP contribution in [0.1, 0.15) is 47.9 Å². The maximum absolute atomic E-state index is 12.8. The first-order valence-electron chi connectivity index (χ1n) is 10.1. The van der Waals surface area contributed by atoms with Crippen LogP contribution in [0.15, 0.2) is 27.9 Å². The summed E-state index contributed by atoms with van der Waals surface area (Å²) in [7, 11) is 0. The van der Waals surface area contributed by atoms with Crippen molar-refractivity contribution in [1.29, 1.82) is 0 Å². The summed E-state index contributed by atoms with van der Waals surface area (Å²) in [5.41, 5.74) is 9.26. The number of aromatic nitrogens is 5. The van der Waals surface area contributed by atoms with Gasteiger partial charge in [-0.15, -0.1) is 5.10 Å². The number of nitrogen functional groups attached to an aromatic ring is 1. The average molecular weight is 441 g/mol. The number of hydrogen-bond donors (Lipinski definition) is 4. The predicted molar refractivity (Wildman–Crippen MR) is 112 cm³/mol. The molecule has 0 radical (unpaired) electrons. The van der Waals surface area contributed by atoms with Crippen LogP contribution in [0.2, 0.25) is 0 Å². The Labute approximate surface area is 182 Å². The first-order chi connectivity index (χ1) is 15.4. The van der Waals surface area contributed by atoms with E-state index < -0.39 is 5.91 Å². The second kappa shape index (κ2) is 9.01. The molecule has 4 rings (SSSR count). The summed E-state index contributed by atoms with van der Waals surface area (Å²) >= 11 is 0. The highest BCUT2D eigenvalue weighted by Crippen LogP contribution is 2.24. The molecule has 0 unspecified atom stereocenters. The van der Waals surface area contributed by atoms with Crippen molar-refractivity contribution in [3.63, 3.8) is 0 Å². The van der Waals surface area contributed by atoms with Crippen molar-refractivity contribution >= 4 is 17.9 Å². The normalized spacial score (nSPS) is 17.1. The molecule has 0 bridgehead atoms. The monoisotopic (exact) mass is 441 g/mol. The van der Waals surface area contributed by atoms with Gasteiger partial charge in [0.25, 0.3) is 5.91 Å². The van der Waals surface area contributed by atoms with Gasteiger partial charge in [-0.05, 0) is 60.4 Å². The van der Waals surface area contributed by atoms with Crippen molar-refractivity contribution < 1.29 is 19.6 Å². The number of carbonyl (C=O) groups is 1. The molecule has 1 aromatic carbocycles. The van der Waals surface area contributed by atoms with Gasteiger partial charge in [0.15, 0.2) is 17.2 Å². The van der Waals surface area contributed by atoms with E-state index in [4.69, 9.17) is 5.73 Å². The Balaban J connectivity index is 1.58. The number of phenolic OH excluding ortho intramolecular Hbond substituents is 2. The highest BCUT2D eigenvalue weighted by atomic mass is 16.6. The molecular weight excluding hydrogens is 418 g/mol. The summed E-state index contributed by atoms with van der Waals surface area (Å²) < 4.78 is 6.03. The highest BCUT2D eigenvalue weighted by Gasteiger charge is 2.28. The minimum absolute atomic E-state index is 0.0277. The van der Waals surface area contributed by atoms with E-state index >= 15 is 0 Å². The van der Waals surface area contributed by atoms with Gasteiger partial charge < -0.3 is 15.9 Å². The van der Waals surface area contributed by atoms with Crippen LogP contribution in [0.4, 0.5) is 5.82 Å². The molecule has 3 heterocycles. The molecule has 1 aliphatic rings. The molecule has 0 aliphatic carbocycles. The van der Waals surface area contributed by atoms with Crippen molar-refractivity contribution in [1.82, 2.24) is 35.6 Å². The quantitative estimate of drug-likeness (QED) is 0.242. The van der Waals surface area contributed by atoms with Crippen molar-refractivity contribution in [2.45, 2.75) is 38.8 Å². The summed E-state index contributed by atoms with van der Waals surface area (Å²) in [5, 5.41) is 38.3. The van der Waals surface area contributed by atoms with E-state index in [0.717, 1.165) is 25.8 Å². The van der Waals surface area contributed by atoms with Gasteiger partial charge in [-0.2, -0.15) is 9.78 Å². The van der Waals surface area contributed by atoms with Crippen LogP contribution in [-0.2, 0) is 6.54 Å². The Morgan fingerprint density at radius 2 is 2.19 bits per heavy atom. The number of nitrogens with one attached hydrogen (secondary N) is 1. The molecule has 1 saturated heterocycles. The number of piperidine rings is 1. The zero-order valence-corrected chi connectivity index (χ0v) is 17.3. The predicted octanol–water partition coefficient (Wildman–Crippen LogP) is 0.782. The lowest BCUT2D eigenvalue weighted by Gasteiger charge is -2.33. The van der Waals surface area contributed by atoms with Crippen LogP contribution in [0.5, 0.6) is 11.5 Å². The standard InChI is InChI=1S/C19H23N9O4/c1-11-4-2-3-7-27(11)10-13-16(22-26-28(13)18-17(20)24-32-25-18)19(31)23-21-9-12-5-6-14(29)15(30)8-12/h5-6,8-9,11,29-30H,2-4,7,10H2,1H3,(H2,20,24)(H,23,31)/b21-9+/t11-/m1/s1. The van der Waals surface area contributed by atoms with Gasteiger partial charge in [0.2, 0.25) is 11.6 Å². The maximum Gasteiger partial charge on any atom is 0.293 e. The third-order valence-electron chi connectivity index (χ3n) is 5.35. The lowest BCUT2D eigenvalue weighted by atomic mass is 10.0. The number of phenols is 2. The molecule has 2 aromatic heterocycles. The number of benzene rings is 1. The molecule has 1 fully saturated rings. The summed E-state index contributed by atoms with van der Waals surface area (Å²) in [6.45, 7) is 3.41. The van der Waals surface area contributed by atoms with Gasteiger partial charge in [-0.1, -0.05) is 11.6 Å². The number of anilines is 1. The van der Waals surface area contributed by atoms with E-state index in [9.17, 15) is 15.0 Å². The van der Waals surface area contributed by atoms with E-state index in [1.54, 1.807) is 0 Å². The Bertz CT molecular complexity index is 1140. The SMILES string of the molecule is C[C@@H]1CCCCN1Cc1c(C(=O)N/N=C/c2ccc(O)c(O)c2)nnn1-c1nonc1N. The van der Waals surface area contributed by atoms with Crippen LogP contribution in [-0.4, -0.2) is 65.1 Å². The molecule has 1 amide bonds. The Morgan fingerprint density at radius 3 is 2.91 bits per heavy atom. The topological polar surface area (TPSA) is 181 Å². The van der Waals surface area contributed by atoms with Crippen molar-refractivity contribution in [3.8, 4) is 17.3 Å². The molecule has 1 atom stereocenters. The fraction of sp³-hybridized carbons (Fsp3) is 0.368. The first kappa shape index (κ1) is 21.2. The van der Waals surface area contributed by atoms with Gasteiger partial charge in [0.05, 0.1) is 11.9 Å². The fourth-order valence-corrected chi connectivity index (χ4v) is 3.55. The molecule has 0 spiro atoms. The number of likely N-dealkylation sites (tertiary alicyclic amines) is 1. The number of nitrogens with two attached hydrogens (primary N) is 1. The number of hydrazone groups is 1. The lowest BCUT2D eigenvalue weighted by Crippen LogP contribution is -2.38. The minimum atomic E-state index is -0.579. The van der Waals surface area contributed by atoms with Gasteiger partial charge in [-0.25, -0.2) is 10.1 Å². The summed E-state index contributed by atoms with van der Waals surface area (Å²) in [5.74, 6) is -0.939. The third-order valence-corrected chi connectivity index (χ3v) is 5.35. The fourth-order valence-electron chi connectivity index (χ4n) is 3.55. The maximum atomic E-state index is 12.8. The zero-order chi connectivity index (χ0) is 22.7. The number of hydrogen-bond acceptors (Lipinski definition) is 11. The minimum Gasteiger partial charge on any atom is -0.504 e. The number of nitrogens with zero attached hydrogens (tertiary/aromatic N) is 7. The van der Waals surface area contributed by atoms with Gasteiger partial charge in [-0.3, -0.25) is 9.69 Å². The molecule has 168 valence electrons. The Kier molecular flexibility index (Phi) is 5.98. The molecular formula is C19H23N9O4. The molecule has 0 saturated carbocycles. The van der Waals surface area contributed by atoms with E-state index in [1.165, 1.54) is 29.1 Å². The van der Waals surface area contributed by atoms with E-state index in [1.807, 2.05) is 0 Å². The van der Waals surface area contributed by atoms with Crippen LogP contribution < -0.4 is 11.2 Å². The summed E-state index contributed by atoms with van der Waals surface area (Å²) in [6.07, 6.45) is 4.60. The van der Waals surface area contributed by atoms with E-state index in [-0.39, 0.29) is 28.8 Å².